The highest BCUT2D eigenvalue weighted by Gasteiger charge is 2.36. The van der Waals surface area contributed by atoms with E-state index in [1.54, 1.807) is 13.1 Å². The molecule has 1 aromatic rings. The summed E-state index contributed by atoms with van der Waals surface area (Å²) in [4.78, 5) is 0. The second-order valence-corrected chi connectivity index (χ2v) is 4.29. The molecule has 5 heteroatoms. The van der Waals surface area contributed by atoms with Gasteiger partial charge in [-0.2, -0.15) is 13.2 Å². The quantitative estimate of drug-likeness (QED) is 0.787. The molecule has 0 aromatic carbocycles. The molecule has 0 spiro atoms. The van der Waals surface area contributed by atoms with Gasteiger partial charge in [0.05, 0.1) is 0 Å². The van der Waals surface area contributed by atoms with Gasteiger partial charge in [0.2, 0.25) is 0 Å². The van der Waals surface area contributed by atoms with Crippen molar-refractivity contribution in [1.29, 1.82) is 0 Å². The van der Waals surface area contributed by atoms with Crippen LogP contribution in [-0.4, -0.2) is 17.7 Å². The van der Waals surface area contributed by atoms with Crippen LogP contribution in [0.25, 0.3) is 0 Å². The minimum absolute atomic E-state index is 0.0217. The van der Waals surface area contributed by atoms with Crippen molar-refractivity contribution in [2.75, 3.05) is 13.1 Å². The Balaban J connectivity index is 2.31. The molecule has 1 saturated heterocycles. The number of halogens is 3. The lowest BCUT2D eigenvalue weighted by atomic mass is 10.1. The topological polar surface area (TPSA) is 17.0 Å². The largest absolute Gasteiger partial charge is 0.431 e. The van der Waals surface area contributed by atoms with E-state index in [1.165, 1.54) is 10.6 Å². The average Bonchev–Trinajstić information content (AvgIpc) is 2.61. The summed E-state index contributed by atoms with van der Waals surface area (Å²) in [5, 5.41) is 3.15. The van der Waals surface area contributed by atoms with Gasteiger partial charge in [-0.05, 0) is 44.5 Å². The monoisotopic (exact) mass is 232 g/mol. The summed E-state index contributed by atoms with van der Waals surface area (Å²) in [6, 6.07) is 1.20. The number of piperidine rings is 1. The summed E-state index contributed by atoms with van der Waals surface area (Å²) in [6.45, 7) is 3.28. The number of rotatable bonds is 1. The molecule has 0 amide bonds. The predicted octanol–water partition coefficient (Wildman–Crippen LogP) is 2.74. The molecule has 0 bridgehead atoms. The Morgan fingerprint density at radius 2 is 1.94 bits per heavy atom. The second kappa shape index (κ2) is 4.13. The summed E-state index contributed by atoms with van der Waals surface area (Å²) in [5.74, 6) is 0. The molecule has 0 saturated carbocycles. The van der Waals surface area contributed by atoms with E-state index in [4.69, 9.17) is 0 Å². The van der Waals surface area contributed by atoms with E-state index in [-0.39, 0.29) is 6.04 Å². The zero-order chi connectivity index (χ0) is 11.8. The van der Waals surface area contributed by atoms with Gasteiger partial charge >= 0.3 is 6.18 Å². The van der Waals surface area contributed by atoms with E-state index in [2.05, 4.69) is 5.32 Å². The summed E-state index contributed by atoms with van der Waals surface area (Å²) in [6.07, 6.45) is -1.12. The molecule has 1 aliphatic rings. The first kappa shape index (κ1) is 11.5. The fraction of sp³-hybridized carbons (Fsp3) is 0.636. The molecule has 1 fully saturated rings. The number of nitrogens with zero attached hydrogens (tertiary/aromatic N) is 1. The van der Waals surface area contributed by atoms with Gasteiger partial charge in [-0.3, -0.25) is 0 Å². The van der Waals surface area contributed by atoms with Gasteiger partial charge in [-0.1, -0.05) is 0 Å². The number of alkyl halides is 3. The minimum atomic E-state index is -4.25. The molecule has 2 nitrogen and oxygen atoms in total. The summed E-state index contributed by atoms with van der Waals surface area (Å²) >= 11 is 0. The van der Waals surface area contributed by atoms with Crippen molar-refractivity contribution in [3.8, 4) is 0 Å². The number of aryl methyl sites for hydroxylation is 1. The lowest BCUT2D eigenvalue weighted by Gasteiger charge is -2.26. The third-order valence-corrected chi connectivity index (χ3v) is 2.98. The Bertz CT molecular complexity index is 362. The van der Waals surface area contributed by atoms with Gasteiger partial charge in [-0.15, -0.1) is 0 Å². The van der Waals surface area contributed by atoms with Crippen LogP contribution in [0, 0.1) is 6.92 Å². The second-order valence-electron chi connectivity index (χ2n) is 4.29. The summed E-state index contributed by atoms with van der Waals surface area (Å²) in [7, 11) is 0. The molecule has 2 heterocycles. The lowest BCUT2D eigenvalue weighted by Crippen LogP contribution is -2.30. The minimum Gasteiger partial charge on any atom is -0.341 e. The maximum atomic E-state index is 12.8. The maximum absolute atomic E-state index is 12.8. The van der Waals surface area contributed by atoms with Gasteiger partial charge in [0.25, 0.3) is 0 Å². The van der Waals surface area contributed by atoms with Crippen LogP contribution in [0.1, 0.15) is 30.1 Å². The fourth-order valence-electron chi connectivity index (χ4n) is 2.23. The Morgan fingerprint density at radius 1 is 1.31 bits per heavy atom. The van der Waals surface area contributed by atoms with E-state index in [0.29, 0.717) is 5.56 Å². The first-order chi connectivity index (χ1) is 7.48. The van der Waals surface area contributed by atoms with Crippen molar-refractivity contribution in [2.45, 2.75) is 32.0 Å². The number of aromatic nitrogens is 1. The van der Waals surface area contributed by atoms with Gasteiger partial charge in [-0.25, -0.2) is 0 Å². The number of hydrogen-bond donors (Lipinski definition) is 1. The van der Waals surface area contributed by atoms with Crippen LogP contribution in [0.3, 0.4) is 0 Å². The Hall–Kier alpha value is -0.970. The number of nitrogens with one attached hydrogen (secondary N) is 1. The van der Waals surface area contributed by atoms with Crippen molar-refractivity contribution < 1.29 is 13.2 Å². The van der Waals surface area contributed by atoms with Crippen molar-refractivity contribution in [2.24, 2.45) is 0 Å². The third-order valence-electron chi connectivity index (χ3n) is 2.98. The van der Waals surface area contributed by atoms with Gasteiger partial charge < -0.3 is 9.88 Å². The number of hydrogen-bond acceptors (Lipinski definition) is 1. The molecular weight excluding hydrogens is 217 g/mol. The molecule has 2 rings (SSSR count). The zero-order valence-electron chi connectivity index (χ0n) is 9.14. The normalized spacial score (nSPS) is 19.0. The highest BCUT2D eigenvalue weighted by atomic mass is 19.4. The molecule has 90 valence electrons. The van der Waals surface area contributed by atoms with Crippen LogP contribution in [-0.2, 0) is 6.18 Å². The van der Waals surface area contributed by atoms with Crippen LogP contribution in [0.4, 0.5) is 13.2 Å². The predicted molar refractivity (Wildman–Crippen MR) is 55.3 cm³/mol. The smallest absolute Gasteiger partial charge is 0.341 e. The summed E-state index contributed by atoms with van der Waals surface area (Å²) < 4.78 is 39.7. The molecule has 0 aliphatic carbocycles. The van der Waals surface area contributed by atoms with Crippen LogP contribution < -0.4 is 5.32 Å². The SMILES string of the molecule is Cc1cc(C(F)(F)F)n(C2CCNCC2)c1. The molecule has 1 N–H and O–H groups in total. The first-order valence-corrected chi connectivity index (χ1v) is 5.45. The summed E-state index contributed by atoms with van der Waals surface area (Å²) in [5.41, 5.74) is 0.155. The molecule has 0 radical (unpaired) electrons. The van der Waals surface area contributed by atoms with E-state index >= 15 is 0 Å². The molecular formula is C11H15F3N2. The van der Waals surface area contributed by atoms with E-state index in [0.717, 1.165) is 25.9 Å². The zero-order valence-corrected chi connectivity index (χ0v) is 9.14. The third kappa shape index (κ3) is 2.24. The Morgan fingerprint density at radius 3 is 2.50 bits per heavy atom. The van der Waals surface area contributed by atoms with Gasteiger partial charge in [0.1, 0.15) is 5.69 Å². The highest BCUT2D eigenvalue weighted by Crippen LogP contribution is 2.34. The van der Waals surface area contributed by atoms with E-state index in [9.17, 15) is 13.2 Å². The molecule has 0 unspecified atom stereocenters. The van der Waals surface area contributed by atoms with E-state index < -0.39 is 11.9 Å². The molecule has 16 heavy (non-hydrogen) atoms. The van der Waals surface area contributed by atoms with E-state index in [1.807, 2.05) is 0 Å². The average molecular weight is 232 g/mol. The van der Waals surface area contributed by atoms with Gasteiger partial charge in [0.15, 0.2) is 0 Å². The van der Waals surface area contributed by atoms with Gasteiger partial charge in [0, 0.05) is 12.2 Å². The van der Waals surface area contributed by atoms with Crippen molar-refractivity contribution in [3.05, 3.63) is 23.5 Å². The van der Waals surface area contributed by atoms with Crippen LogP contribution >= 0.6 is 0 Å². The maximum Gasteiger partial charge on any atom is 0.431 e. The first-order valence-electron chi connectivity index (χ1n) is 5.45. The standard InChI is InChI=1S/C11H15F3N2/c1-8-6-10(11(12,13)14)16(7-8)9-2-4-15-5-3-9/h6-7,9,15H,2-5H2,1H3. The Kier molecular flexibility index (Phi) is 2.97. The van der Waals surface area contributed by atoms with Crippen molar-refractivity contribution in [3.63, 3.8) is 0 Å². The van der Waals surface area contributed by atoms with Crippen LogP contribution in [0.2, 0.25) is 0 Å². The van der Waals surface area contributed by atoms with Crippen LogP contribution in [0.15, 0.2) is 12.3 Å². The molecule has 0 atom stereocenters. The fourth-order valence-corrected chi connectivity index (χ4v) is 2.23. The van der Waals surface area contributed by atoms with Crippen molar-refractivity contribution in [1.82, 2.24) is 9.88 Å². The Labute approximate surface area is 92.4 Å². The lowest BCUT2D eigenvalue weighted by molar-refractivity contribution is -0.144. The van der Waals surface area contributed by atoms with Crippen LogP contribution in [0.5, 0.6) is 0 Å². The van der Waals surface area contributed by atoms with Crippen molar-refractivity contribution >= 4 is 0 Å². The molecule has 1 aliphatic heterocycles. The molecule has 1 aromatic heterocycles. The highest BCUT2D eigenvalue weighted by molar-refractivity contribution is 5.20.